The quantitative estimate of drug-likeness (QED) is 0.851. The summed E-state index contributed by atoms with van der Waals surface area (Å²) in [6, 6.07) is 5.75. The molecule has 6 heteroatoms. The van der Waals surface area contributed by atoms with Crippen molar-refractivity contribution in [3.05, 3.63) is 28.5 Å². The largest absolute Gasteiger partial charge is 0.496 e. The summed E-state index contributed by atoms with van der Waals surface area (Å²) in [5.41, 5.74) is 7.71. The number of imidazole rings is 1. The van der Waals surface area contributed by atoms with Crippen LogP contribution in [0.4, 0.5) is 5.82 Å². The Morgan fingerprint density at radius 2 is 2.16 bits per heavy atom. The first-order valence-electron chi connectivity index (χ1n) is 6.09. The molecule has 0 unspecified atom stereocenters. The van der Waals surface area contributed by atoms with E-state index in [4.69, 9.17) is 16.3 Å². The molecule has 1 saturated carbocycles. The fourth-order valence-electron chi connectivity index (χ4n) is 2.12. The standard InChI is InChI=1S/C13H15BrN4O/c1-19-10-5-4-8(6-9(10)14)11-12(15)18(16)13(17-11)7-2-3-7/h4-7H,2-3,15-16H2,1H3. The van der Waals surface area contributed by atoms with Crippen LogP contribution in [0.2, 0.25) is 0 Å². The first-order valence-corrected chi connectivity index (χ1v) is 6.88. The number of hydrogen-bond donors (Lipinski definition) is 2. The Morgan fingerprint density at radius 1 is 1.42 bits per heavy atom. The second-order valence-electron chi connectivity index (χ2n) is 4.70. The fourth-order valence-corrected chi connectivity index (χ4v) is 2.66. The maximum absolute atomic E-state index is 6.05. The highest BCUT2D eigenvalue weighted by Gasteiger charge is 2.30. The van der Waals surface area contributed by atoms with Gasteiger partial charge in [-0.2, -0.15) is 0 Å². The van der Waals surface area contributed by atoms with Gasteiger partial charge in [-0.1, -0.05) is 0 Å². The van der Waals surface area contributed by atoms with Crippen molar-refractivity contribution in [2.24, 2.45) is 0 Å². The van der Waals surface area contributed by atoms with Crippen LogP contribution in [0.15, 0.2) is 22.7 Å². The Hall–Kier alpha value is -1.69. The van der Waals surface area contributed by atoms with Gasteiger partial charge in [0.25, 0.3) is 0 Å². The Bertz CT molecular complexity index is 634. The summed E-state index contributed by atoms with van der Waals surface area (Å²) in [5, 5.41) is 0. The van der Waals surface area contributed by atoms with Gasteiger partial charge in [-0.25, -0.2) is 9.66 Å². The van der Waals surface area contributed by atoms with Crippen molar-refractivity contribution in [1.29, 1.82) is 0 Å². The molecule has 5 nitrogen and oxygen atoms in total. The van der Waals surface area contributed by atoms with Gasteiger partial charge in [0, 0.05) is 11.5 Å². The minimum absolute atomic E-state index is 0.461. The molecule has 3 rings (SSSR count). The summed E-state index contributed by atoms with van der Waals surface area (Å²) in [6.07, 6.45) is 2.28. The van der Waals surface area contributed by atoms with Gasteiger partial charge in [-0.3, -0.25) is 0 Å². The van der Waals surface area contributed by atoms with Crippen LogP contribution >= 0.6 is 15.9 Å². The lowest BCUT2D eigenvalue weighted by Crippen LogP contribution is -2.14. The normalized spacial score (nSPS) is 14.6. The van der Waals surface area contributed by atoms with Crippen molar-refractivity contribution >= 4 is 21.7 Å². The van der Waals surface area contributed by atoms with Crippen molar-refractivity contribution in [2.75, 3.05) is 18.7 Å². The number of benzene rings is 1. The number of hydrogen-bond acceptors (Lipinski definition) is 4. The van der Waals surface area contributed by atoms with E-state index < -0.39 is 0 Å². The molecule has 0 amide bonds. The molecule has 0 radical (unpaired) electrons. The van der Waals surface area contributed by atoms with Crippen LogP contribution in [-0.4, -0.2) is 16.8 Å². The molecule has 1 aromatic heterocycles. The maximum atomic E-state index is 6.05. The number of aromatic nitrogens is 2. The van der Waals surface area contributed by atoms with Crippen LogP contribution in [-0.2, 0) is 0 Å². The van der Waals surface area contributed by atoms with Gasteiger partial charge >= 0.3 is 0 Å². The molecular weight excluding hydrogens is 308 g/mol. The molecule has 0 bridgehead atoms. The SMILES string of the molecule is COc1ccc(-c2nc(C3CC3)n(N)c2N)cc1Br. The number of nitrogens with two attached hydrogens (primary N) is 2. The molecule has 1 aliphatic carbocycles. The Morgan fingerprint density at radius 3 is 2.74 bits per heavy atom. The van der Waals surface area contributed by atoms with E-state index in [1.807, 2.05) is 18.2 Å². The van der Waals surface area contributed by atoms with Gasteiger partial charge in [0.05, 0.1) is 11.6 Å². The van der Waals surface area contributed by atoms with Crippen LogP contribution in [0.3, 0.4) is 0 Å². The molecule has 4 N–H and O–H groups in total. The lowest BCUT2D eigenvalue weighted by Gasteiger charge is -2.05. The highest BCUT2D eigenvalue weighted by atomic mass is 79.9. The molecule has 0 spiro atoms. The predicted molar refractivity (Wildman–Crippen MR) is 78.5 cm³/mol. The van der Waals surface area contributed by atoms with Gasteiger partial charge in [0.2, 0.25) is 0 Å². The number of anilines is 1. The average molecular weight is 323 g/mol. The highest BCUT2D eigenvalue weighted by molar-refractivity contribution is 9.10. The lowest BCUT2D eigenvalue weighted by molar-refractivity contribution is 0.412. The summed E-state index contributed by atoms with van der Waals surface area (Å²) >= 11 is 3.46. The third-order valence-corrected chi connectivity index (χ3v) is 3.96. The molecule has 19 heavy (non-hydrogen) atoms. The van der Waals surface area contributed by atoms with Gasteiger partial charge in [-0.15, -0.1) is 0 Å². The Balaban J connectivity index is 2.06. The number of halogens is 1. The van der Waals surface area contributed by atoms with Crippen molar-refractivity contribution in [2.45, 2.75) is 18.8 Å². The van der Waals surface area contributed by atoms with Crippen molar-refractivity contribution < 1.29 is 4.74 Å². The number of rotatable bonds is 3. The van der Waals surface area contributed by atoms with E-state index in [0.29, 0.717) is 11.7 Å². The Kier molecular flexibility index (Phi) is 2.89. The molecule has 1 aromatic carbocycles. The van der Waals surface area contributed by atoms with Gasteiger partial charge in [0.15, 0.2) is 5.82 Å². The average Bonchev–Trinajstić information content (AvgIpc) is 3.19. The minimum atomic E-state index is 0.461. The summed E-state index contributed by atoms with van der Waals surface area (Å²) in [5.74, 6) is 8.58. The van der Waals surface area contributed by atoms with Crippen LogP contribution in [0.25, 0.3) is 11.3 Å². The zero-order chi connectivity index (χ0) is 13.6. The lowest BCUT2D eigenvalue weighted by atomic mass is 10.1. The van der Waals surface area contributed by atoms with Gasteiger partial charge in [0.1, 0.15) is 17.3 Å². The van der Waals surface area contributed by atoms with E-state index in [9.17, 15) is 0 Å². The number of nitrogen functional groups attached to an aromatic ring is 2. The smallest absolute Gasteiger partial charge is 0.150 e. The molecule has 2 aromatic rings. The summed E-state index contributed by atoms with van der Waals surface area (Å²) in [6.45, 7) is 0. The van der Waals surface area contributed by atoms with Crippen molar-refractivity contribution in [3.63, 3.8) is 0 Å². The Labute approximate surface area is 119 Å². The van der Waals surface area contributed by atoms with E-state index in [-0.39, 0.29) is 0 Å². The van der Waals surface area contributed by atoms with Crippen molar-refractivity contribution in [1.82, 2.24) is 9.66 Å². The first-order chi connectivity index (χ1) is 9.11. The van der Waals surface area contributed by atoms with Crippen LogP contribution in [0.5, 0.6) is 5.75 Å². The first kappa shape index (κ1) is 12.3. The van der Waals surface area contributed by atoms with Gasteiger partial charge in [-0.05, 0) is 47.0 Å². The van der Waals surface area contributed by atoms with E-state index in [2.05, 4.69) is 20.9 Å². The van der Waals surface area contributed by atoms with E-state index in [0.717, 1.165) is 40.1 Å². The molecule has 1 heterocycles. The molecule has 0 atom stereocenters. The molecule has 0 saturated heterocycles. The number of nitrogens with zero attached hydrogens (tertiary/aromatic N) is 2. The number of ether oxygens (including phenoxy) is 1. The molecule has 100 valence electrons. The van der Waals surface area contributed by atoms with Crippen LogP contribution in [0.1, 0.15) is 24.6 Å². The zero-order valence-corrected chi connectivity index (χ0v) is 12.1. The zero-order valence-electron chi connectivity index (χ0n) is 10.6. The fraction of sp³-hybridized carbons (Fsp3) is 0.308. The third kappa shape index (κ3) is 2.06. The third-order valence-electron chi connectivity index (χ3n) is 3.34. The number of methoxy groups -OCH3 is 1. The van der Waals surface area contributed by atoms with Gasteiger partial charge < -0.3 is 16.3 Å². The monoisotopic (exact) mass is 322 g/mol. The van der Waals surface area contributed by atoms with Crippen LogP contribution < -0.4 is 16.3 Å². The predicted octanol–water partition coefficient (Wildman–Crippen LogP) is 2.49. The molecule has 1 fully saturated rings. The summed E-state index contributed by atoms with van der Waals surface area (Å²) in [7, 11) is 1.63. The van der Waals surface area contributed by atoms with E-state index in [1.165, 1.54) is 4.68 Å². The second-order valence-corrected chi connectivity index (χ2v) is 5.55. The summed E-state index contributed by atoms with van der Waals surface area (Å²) in [4.78, 5) is 4.59. The van der Waals surface area contributed by atoms with Crippen LogP contribution in [0, 0.1) is 0 Å². The summed E-state index contributed by atoms with van der Waals surface area (Å²) < 4.78 is 7.59. The molecule has 0 aliphatic heterocycles. The van der Waals surface area contributed by atoms with E-state index >= 15 is 0 Å². The molecule has 1 aliphatic rings. The maximum Gasteiger partial charge on any atom is 0.150 e. The molecular formula is C13H15BrN4O. The van der Waals surface area contributed by atoms with E-state index in [1.54, 1.807) is 7.11 Å². The minimum Gasteiger partial charge on any atom is -0.496 e. The van der Waals surface area contributed by atoms with Crippen molar-refractivity contribution in [3.8, 4) is 17.0 Å². The topological polar surface area (TPSA) is 79.1 Å². The highest BCUT2D eigenvalue weighted by Crippen LogP contribution is 2.41. The second kappa shape index (κ2) is 4.45.